The molecule has 194 valence electrons. The number of imidazole rings is 1. The molecule has 6 rings (SSSR count). The number of hydrogen-bond donors (Lipinski definition) is 2. The highest BCUT2D eigenvalue weighted by Crippen LogP contribution is 2.53. The number of aromatic nitrogens is 2. The summed E-state index contributed by atoms with van der Waals surface area (Å²) in [4.78, 5) is 16.7. The second-order valence-corrected chi connectivity index (χ2v) is 10.4. The third kappa shape index (κ3) is 4.09. The average Bonchev–Trinajstić information content (AvgIpc) is 3.65. The Kier molecular flexibility index (Phi) is 6.17. The first-order valence-corrected chi connectivity index (χ1v) is 12.8. The molecule has 1 aromatic heterocycles. The lowest BCUT2D eigenvalue weighted by Crippen LogP contribution is -2.46. The minimum atomic E-state index is -1.70. The van der Waals surface area contributed by atoms with Gasteiger partial charge in [0, 0.05) is 62.1 Å². The summed E-state index contributed by atoms with van der Waals surface area (Å²) in [6.07, 6.45) is 2.56. The Labute approximate surface area is 217 Å². The zero-order chi connectivity index (χ0) is 25.7. The zero-order valence-corrected chi connectivity index (χ0v) is 20.8. The van der Waals surface area contributed by atoms with Crippen LogP contribution < -0.4 is 15.8 Å². The minimum Gasteiger partial charge on any atom is -0.480 e. The second-order valence-electron chi connectivity index (χ2n) is 10.0. The molecule has 1 saturated heterocycles. The van der Waals surface area contributed by atoms with E-state index in [0.717, 1.165) is 12.0 Å². The molecular formula is C27H27ClF2N4O3. The van der Waals surface area contributed by atoms with Crippen molar-refractivity contribution in [1.29, 1.82) is 0 Å². The lowest BCUT2D eigenvalue weighted by atomic mass is 9.76. The van der Waals surface area contributed by atoms with Crippen LogP contribution in [-0.4, -0.2) is 41.3 Å². The average molecular weight is 529 g/mol. The molecular weight excluding hydrogens is 502 g/mol. The molecule has 7 nitrogen and oxygen atoms in total. The van der Waals surface area contributed by atoms with Crippen LogP contribution in [0, 0.1) is 11.7 Å². The van der Waals surface area contributed by atoms with Crippen LogP contribution in [-0.2, 0) is 28.1 Å². The van der Waals surface area contributed by atoms with E-state index in [4.69, 9.17) is 26.8 Å². The van der Waals surface area contributed by atoms with Crippen molar-refractivity contribution in [3.05, 3.63) is 82.1 Å². The summed E-state index contributed by atoms with van der Waals surface area (Å²) in [6.45, 7) is 1.84. The Bertz CT molecular complexity index is 1330. The highest BCUT2D eigenvalue weighted by molar-refractivity contribution is 6.31. The van der Waals surface area contributed by atoms with Gasteiger partial charge in [0.2, 0.25) is 5.91 Å². The molecule has 3 aliphatic rings. The predicted octanol–water partition coefficient (Wildman–Crippen LogP) is 3.79. The predicted molar refractivity (Wildman–Crippen MR) is 133 cm³/mol. The second kappa shape index (κ2) is 9.38. The molecule has 0 spiro atoms. The molecule has 1 fully saturated rings. The molecule has 37 heavy (non-hydrogen) atoms. The van der Waals surface area contributed by atoms with Crippen molar-refractivity contribution in [2.45, 2.75) is 43.1 Å². The molecule has 3 N–H and O–H groups in total. The SMILES string of the molecule is NC(=O)C1Cn2ccnc2C(F)C1c1c(Cl)c(F)cc2c1C[C@@](CN[C@H]1CCOC1)(c1ccccc1)O2. The third-order valence-corrected chi connectivity index (χ3v) is 8.22. The van der Waals surface area contributed by atoms with Crippen molar-refractivity contribution in [1.82, 2.24) is 14.9 Å². The Morgan fingerprint density at radius 3 is 2.86 bits per heavy atom. The first-order chi connectivity index (χ1) is 17.9. The fourth-order valence-electron chi connectivity index (χ4n) is 5.95. The van der Waals surface area contributed by atoms with Crippen molar-refractivity contribution in [2.75, 3.05) is 19.8 Å². The van der Waals surface area contributed by atoms with E-state index in [0.29, 0.717) is 31.7 Å². The van der Waals surface area contributed by atoms with E-state index in [-0.39, 0.29) is 34.7 Å². The minimum absolute atomic E-state index is 0.130. The first kappa shape index (κ1) is 24.3. The van der Waals surface area contributed by atoms with Gasteiger partial charge in [-0.3, -0.25) is 4.79 Å². The molecule has 10 heteroatoms. The summed E-state index contributed by atoms with van der Waals surface area (Å²) >= 11 is 6.56. The van der Waals surface area contributed by atoms with Crippen LogP contribution in [0.3, 0.4) is 0 Å². The van der Waals surface area contributed by atoms with Crippen molar-refractivity contribution in [3.8, 4) is 5.75 Å². The van der Waals surface area contributed by atoms with Gasteiger partial charge < -0.3 is 25.1 Å². The maximum atomic E-state index is 16.1. The monoisotopic (exact) mass is 528 g/mol. The molecule has 0 bridgehead atoms. The summed E-state index contributed by atoms with van der Waals surface area (Å²) in [5.74, 6) is -3.02. The molecule has 3 aliphatic heterocycles. The maximum absolute atomic E-state index is 16.1. The zero-order valence-electron chi connectivity index (χ0n) is 20.0. The number of rotatable bonds is 6. The normalized spacial score (nSPS) is 28.5. The fraction of sp³-hybridized carbons (Fsp3) is 0.407. The lowest BCUT2D eigenvalue weighted by molar-refractivity contribution is -0.124. The van der Waals surface area contributed by atoms with Gasteiger partial charge in [-0.1, -0.05) is 41.9 Å². The highest BCUT2D eigenvalue weighted by Gasteiger charge is 2.49. The van der Waals surface area contributed by atoms with Gasteiger partial charge in [-0.25, -0.2) is 13.8 Å². The van der Waals surface area contributed by atoms with Crippen LogP contribution in [0.5, 0.6) is 5.75 Å². The molecule has 5 atom stereocenters. The van der Waals surface area contributed by atoms with Gasteiger partial charge in [0.15, 0.2) is 11.8 Å². The number of primary amides is 1. The number of nitrogens with zero attached hydrogens (tertiary/aromatic N) is 2. The molecule has 1 amide bonds. The number of nitrogens with two attached hydrogens (primary N) is 1. The lowest BCUT2D eigenvalue weighted by Gasteiger charge is -2.35. The molecule has 0 radical (unpaired) electrons. The summed E-state index contributed by atoms with van der Waals surface area (Å²) in [6, 6.07) is 11.1. The Morgan fingerprint density at radius 1 is 1.32 bits per heavy atom. The number of alkyl halides is 1. The first-order valence-electron chi connectivity index (χ1n) is 12.4. The smallest absolute Gasteiger partial charge is 0.223 e. The molecule has 3 unspecified atom stereocenters. The van der Waals surface area contributed by atoms with Crippen molar-refractivity contribution < 1.29 is 23.0 Å². The maximum Gasteiger partial charge on any atom is 0.223 e. The topological polar surface area (TPSA) is 91.4 Å². The van der Waals surface area contributed by atoms with E-state index in [1.807, 2.05) is 30.3 Å². The molecule has 2 aromatic carbocycles. The van der Waals surface area contributed by atoms with Crippen LogP contribution in [0.4, 0.5) is 8.78 Å². The van der Waals surface area contributed by atoms with Crippen molar-refractivity contribution in [3.63, 3.8) is 0 Å². The van der Waals surface area contributed by atoms with E-state index < -0.39 is 35.3 Å². The Balaban J connectivity index is 1.46. The van der Waals surface area contributed by atoms with Gasteiger partial charge in [-0.15, -0.1) is 0 Å². The van der Waals surface area contributed by atoms with Gasteiger partial charge in [0.05, 0.1) is 17.5 Å². The third-order valence-electron chi connectivity index (χ3n) is 7.84. The Morgan fingerprint density at radius 2 is 2.14 bits per heavy atom. The number of ether oxygens (including phenoxy) is 2. The van der Waals surface area contributed by atoms with Crippen LogP contribution >= 0.6 is 11.6 Å². The van der Waals surface area contributed by atoms with Crippen LogP contribution in [0.15, 0.2) is 48.8 Å². The number of nitrogens with one attached hydrogen (secondary N) is 1. The van der Waals surface area contributed by atoms with E-state index in [1.54, 1.807) is 10.8 Å². The van der Waals surface area contributed by atoms with Crippen molar-refractivity contribution in [2.24, 2.45) is 11.7 Å². The number of hydrogen-bond acceptors (Lipinski definition) is 5. The van der Waals surface area contributed by atoms with Gasteiger partial charge in [0.1, 0.15) is 17.4 Å². The fourth-order valence-corrected chi connectivity index (χ4v) is 6.24. The number of carbonyl (C=O) groups excluding carboxylic acids is 1. The van der Waals surface area contributed by atoms with Crippen LogP contribution in [0.2, 0.25) is 5.02 Å². The molecule has 3 aromatic rings. The molecule has 0 saturated carbocycles. The van der Waals surface area contributed by atoms with Crippen LogP contribution in [0.25, 0.3) is 0 Å². The molecule has 4 heterocycles. The van der Waals surface area contributed by atoms with E-state index in [2.05, 4.69) is 10.3 Å². The summed E-state index contributed by atoms with van der Waals surface area (Å²) in [5, 5.41) is 3.31. The van der Waals surface area contributed by atoms with Crippen LogP contribution in [0.1, 0.15) is 41.0 Å². The quantitative estimate of drug-likeness (QED) is 0.508. The van der Waals surface area contributed by atoms with Crippen molar-refractivity contribution >= 4 is 17.5 Å². The van der Waals surface area contributed by atoms with E-state index in [9.17, 15) is 4.79 Å². The summed E-state index contributed by atoms with van der Waals surface area (Å²) < 4.78 is 45.0. The molecule has 0 aliphatic carbocycles. The van der Waals surface area contributed by atoms with Gasteiger partial charge >= 0.3 is 0 Å². The van der Waals surface area contributed by atoms with E-state index in [1.165, 1.54) is 12.3 Å². The van der Waals surface area contributed by atoms with Gasteiger partial charge in [0.25, 0.3) is 0 Å². The number of benzene rings is 2. The van der Waals surface area contributed by atoms with E-state index >= 15 is 8.78 Å². The van der Waals surface area contributed by atoms with Gasteiger partial charge in [-0.05, 0) is 17.5 Å². The number of amides is 1. The number of halogens is 3. The Hall–Kier alpha value is -3.01. The largest absolute Gasteiger partial charge is 0.480 e. The van der Waals surface area contributed by atoms with Gasteiger partial charge in [-0.2, -0.15) is 0 Å². The summed E-state index contributed by atoms with van der Waals surface area (Å²) in [5.41, 5.74) is 6.56. The number of fused-ring (bicyclic) bond motifs is 2. The number of carbonyl (C=O) groups is 1. The highest BCUT2D eigenvalue weighted by atomic mass is 35.5. The summed E-state index contributed by atoms with van der Waals surface area (Å²) in [7, 11) is 0. The standard InChI is InChI=1S/C27H27ClF2N4O3/c28-23-19(29)10-20-17(21(23)22-18(25(31)35)12-34-8-7-32-26(34)24(22)30)11-27(37-20,15-4-2-1-3-5-15)14-33-16-6-9-36-13-16/h1-5,7-8,10,16,18,22,24,33H,6,9,11-14H2,(H2,31,35)/t16-,18?,22?,24?,27+/m0/s1.